The highest BCUT2D eigenvalue weighted by molar-refractivity contribution is 5.85. The van der Waals surface area contributed by atoms with E-state index in [1.165, 1.54) is 0 Å². The van der Waals surface area contributed by atoms with Crippen LogP contribution in [0.1, 0.15) is 6.42 Å². The number of nitrogens with one attached hydrogen (secondary N) is 1. The van der Waals surface area contributed by atoms with Crippen LogP contribution in [0.2, 0.25) is 0 Å². The second kappa shape index (κ2) is 4.01. The van der Waals surface area contributed by atoms with Crippen LogP contribution in [0.4, 0.5) is 8.78 Å². The maximum absolute atomic E-state index is 12.1. The second-order valence-corrected chi connectivity index (χ2v) is 2.09. The van der Waals surface area contributed by atoms with Gasteiger partial charge in [-0.15, -0.1) is 12.4 Å². The summed E-state index contributed by atoms with van der Waals surface area (Å²) in [6, 6.07) is 0. The molecule has 0 saturated carbocycles. The molecule has 1 aliphatic heterocycles. The van der Waals surface area contributed by atoms with Gasteiger partial charge in [0.1, 0.15) is 12.3 Å². The quantitative estimate of drug-likeness (QED) is 0.555. The molecule has 2 atom stereocenters. The average Bonchev–Trinajstić information content (AvgIpc) is 1.64. The Labute approximate surface area is 59.2 Å². The summed E-state index contributed by atoms with van der Waals surface area (Å²) in [4.78, 5) is 0. The van der Waals surface area contributed by atoms with Crippen molar-refractivity contribution < 1.29 is 8.78 Å². The van der Waals surface area contributed by atoms with Crippen molar-refractivity contribution in [1.29, 1.82) is 0 Å². The molecule has 1 fully saturated rings. The van der Waals surface area contributed by atoms with Gasteiger partial charge in [-0.1, -0.05) is 0 Å². The molecule has 0 unspecified atom stereocenters. The summed E-state index contributed by atoms with van der Waals surface area (Å²) >= 11 is 0. The van der Waals surface area contributed by atoms with E-state index in [1.807, 2.05) is 0 Å². The SMILES string of the molecule is Cl.F[C@@H]1CNC[C@@H](F)C1. The molecule has 56 valence electrons. The highest BCUT2D eigenvalue weighted by Crippen LogP contribution is 2.08. The Balaban J connectivity index is 0.000000640. The van der Waals surface area contributed by atoms with Gasteiger partial charge in [-0.25, -0.2) is 8.78 Å². The normalized spacial score (nSPS) is 35.3. The standard InChI is InChI=1S/C5H9F2N.ClH/c6-4-1-5(7)3-8-2-4;/h4-5,8H,1-3H2;1H/t4-,5-;/m0./s1. The summed E-state index contributed by atoms with van der Waals surface area (Å²) in [5.74, 6) is 0. The molecule has 4 heteroatoms. The first-order chi connectivity index (χ1) is 3.79. The Morgan fingerprint density at radius 3 is 1.78 bits per heavy atom. The van der Waals surface area contributed by atoms with Gasteiger partial charge in [0.2, 0.25) is 0 Å². The van der Waals surface area contributed by atoms with E-state index in [9.17, 15) is 8.78 Å². The van der Waals surface area contributed by atoms with Gasteiger partial charge in [-0.2, -0.15) is 0 Å². The molecule has 0 bridgehead atoms. The lowest BCUT2D eigenvalue weighted by molar-refractivity contribution is 0.173. The maximum Gasteiger partial charge on any atom is 0.115 e. The van der Waals surface area contributed by atoms with Crippen LogP contribution in [0.25, 0.3) is 0 Å². The molecule has 1 nitrogen and oxygen atoms in total. The molecule has 0 aromatic rings. The molecule has 0 aliphatic carbocycles. The van der Waals surface area contributed by atoms with Crippen molar-refractivity contribution in [2.24, 2.45) is 0 Å². The molecule has 1 saturated heterocycles. The van der Waals surface area contributed by atoms with Gasteiger partial charge in [0.15, 0.2) is 0 Å². The number of rotatable bonds is 0. The molecule has 0 aromatic heterocycles. The number of hydrogen-bond donors (Lipinski definition) is 1. The van der Waals surface area contributed by atoms with E-state index in [2.05, 4.69) is 5.32 Å². The molecule has 0 amide bonds. The van der Waals surface area contributed by atoms with E-state index in [0.29, 0.717) is 13.1 Å². The maximum atomic E-state index is 12.1. The topological polar surface area (TPSA) is 12.0 Å². The van der Waals surface area contributed by atoms with Gasteiger partial charge in [0.05, 0.1) is 0 Å². The lowest BCUT2D eigenvalue weighted by atomic mass is 10.1. The molecular formula is C5H10ClF2N. The lowest BCUT2D eigenvalue weighted by Gasteiger charge is -2.18. The minimum absolute atomic E-state index is 0. The third kappa shape index (κ3) is 2.96. The summed E-state index contributed by atoms with van der Waals surface area (Å²) in [7, 11) is 0. The monoisotopic (exact) mass is 157 g/mol. The van der Waals surface area contributed by atoms with Crippen molar-refractivity contribution in [3.63, 3.8) is 0 Å². The highest BCUT2D eigenvalue weighted by Gasteiger charge is 2.19. The fraction of sp³-hybridized carbons (Fsp3) is 1.00. The Kier molecular flexibility index (Phi) is 4.06. The minimum atomic E-state index is -0.973. The third-order valence-electron chi connectivity index (χ3n) is 1.24. The summed E-state index contributed by atoms with van der Waals surface area (Å²) < 4.78 is 24.3. The van der Waals surface area contributed by atoms with Crippen molar-refractivity contribution in [1.82, 2.24) is 5.32 Å². The van der Waals surface area contributed by atoms with E-state index in [0.717, 1.165) is 0 Å². The largest absolute Gasteiger partial charge is 0.311 e. The van der Waals surface area contributed by atoms with E-state index in [4.69, 9.17) is 0 Å². The first-order valence-corrected chi connectivity index (χ1v) is 2.78. The Bertz CT molecular complexity index is 73.4. The third-order valence-corrected chi connectivity index (χ3v) is 1.24. The number of alkyl halides is 2. The number of hydrogen-bond acceptors (Lipinski definition) is 1. The second-order valence-electron chi connectivity index (χ2n) is 2.09. The van der Waals surface area contributed by atoms with Crippen LogP contribution in [0, 0.1) is 0 Å². The summed E-state index contributed by atoms with van der Waals surface area (Å²) in [6.45, 7) is 0.640. The van der Waals surface area contributed by atoms with Crippen molar-refractivity contribution in [2.75, 3.05) is 13.1 Å². The van der Waals surface area contributed by atoms with Gasteiger partial charge in [-0.05, 0) is 0 Å². The zero-order valence-electron chi connectivity index (χ0n) is 4.94. The number of halogens is 3. The van der Waals surface area contributed by atoms with Crippen LogP contribution in [0.15, 0.2) is 0 Å². The van der Waals surface area contributed by atoms with Crippen LogP contribution in [-0.4, -0.2) is 25.4 Å². The molecule has 0 radical (unpaired) electrons. The molecule has 1 N–H and O–H groups in total. The van der Waals surface area contributed by atoms with Crippen molar-refractivity contribution in [3.05, 3.63) is 0 Å². The predicted molar refractivity (Wildman–Crippen MR) is 34.5 cm³/mol. The Morgan fingerprint density at radius 2 is 1.56 bits per heavy atom. The van der Waals surface area contributed by atoms with Crippen molar-refractivity contribution >= 4 is 12.4 Å². The van der Waals surface area contributed by atoms with Crippen LogP contribution in [-0.2, 0) is 0 Å². The zero-order chi connectivity index (χ0) is 5.98. The first-order valence-electron chi connectivity index (χ1n) is 2.78. The van der Waals surface area contributed by atoms with E-state index < -0.39 is 12.3 Å². The minimum Gasteiger partial charge on any atom is -0.311 e. The highest BCUT2D eigenvalue weighted by atomic mass is 35.5. The van der Waals surface area contributed by atoms with Crippen molar-refractivity contribution in [3.8, 4) is 0 Å². The van der Waals surface area contributed by atoms with Gasteiger partial charge < -0.3 is 5.32 Å². The van der Waals surface area contributed by atoms with E-state index in [-0.39, 0.29) is 18.8 Å². The van der Waals surface area contributed by atoms with Crippen LogP contribution >= 0.6 is 12.4 Å². The molecule has 0 aromatic carbocycles. The fourth-order valence-corrected chi connectivity index (χ4v) is 0.841. The van der Waals surface area contributed by atoms with E-state index in [1.54, 1.807) is 0 Å². The lowest BCUT2D eigenvalue weighted by Crippen LogP contribution is -2.38. The van der Waals surface area contributed by atoms with Crippen LogP contribution in [0.3, 0.4) is 0 Å². The predicted octanol–water partition coefficient (Wildman–Crippen LogP) is 1.08. The van der Waals surface area contributed by atoms with Crippen LogP contribution < -0.4 is 5.32 Å². The zero-order valence-corrected chi connectivity index (χ0v) is 5.76. The van der Waals surface area contributed by atoms with Gasteiger partial charge in [0.25, 0.3) is 0 Å². The van der Waals surface area contributed by atoms with Crippen molar-refractivity contribution in [2.45, 2.75) is 18.8 Å². The molecule has 1 rings (SSSR count). The summed E-state index contributed by atoms with van der Waals surface area (Å²) in [5, 5.41) is 2.63. The number of piperidine rings is 1. The fourth-order valence-electron chi connectivity index (χ4n) is 0.841. The molecule has 0 spiro atoms. The summed E-state index contributed by atoms with van der Waals surface area (Å²) in [6.07, 6.45) is -1.87. The van der Waals surface area contributed by atoms with Gasteiger partial charge in [0, 0.05) is 19.5 Å². The molecule has 1 aliphatic rings. The smallest absolute Gasteiger partial charge is 0.115 e. The Hall–Kier alpha value is 0.110. The first kappa shape index (κ1) is 9.11. The molecular weight excluding hydrogens is 148 g/mol. The van der Waals surface area contributed by atoms with E-state index >= 15 is 0 Å². The molecule has 9 heavy (non-hydrogen) atoms. The van der Waals surface area contributed by atoms with Gasteiger partial charge >= 0.3 is 0 Å². The van der Waals surface area contributed by atoms with Gasteiger partial charge in [-0.3, -0.25) is 0 Å². The summed E-state index contributed by atoms with van der Waals surface area (Å²) in [5.41, 5.74) is 0. The average molecular weight is 158 g/mol. The van der Waals surface area contributed by atoms with Crippen LogP contribution in [0.5, 0.6) is 0 Å². The Morgan fingerprint density at radius 1 is 1.11 bits per heavy atom. The molecule has 1 heterocycles.